The third-order valence-electron chi connectivity index (χ3n) is 4.32. The van der Waals surface area contributed by atoms with Crippen LogP contribution in [0.25, 0.3) is 10.8 Å². The SMILES string of the molecule is Fc1ccc(C(Sc2ccc3ccccc3c2)c2ccc(F)cc2)cc1. The van der Waals surface area contributed by atoms with Crippen LogP contribution in [0.5, 0.6) is 0 Å². The molecular formula is C23H16F2S. The minimum atomic E-state index is -0.262. The van der Waals surface area contributed by atoms with Gasteiger partial charge in [-0.05, 0) is 58.3 Å². The van der Waals surface area contributed by atoms with E-state index in [1.807, 2.05) is 12.1 Å². The lowest BCUT2D eigenvalue weighted by molar-refractivity contribution is 0.626. The minimum Gasteiger partial charge on any atom is -0.207 e. The van der Waals surface area contributed by atoms with Crippen LogP contribution < -0.4 is 0 Å². The summed E-state index contributed by atoms with van der Waals surface area (Å²) in [5, 5.41) is 2.32. The van der Waals surface area contributed by atoms with Crippen LogP contribution in [0, 0.1) is 11.6 Å². The van der Waals surface area contributed by atoms with E-state index in [4.69, 9.17) is 0 Å². The second kappa shape index (κ2) is 7.30. The molecule has 0 atom stereocenters. The summed E-state index contributed by atoms with van der Waals surface area (Å²) in [6.07, 6.45) is 0. The van der Waals surface area contributed by atoms with Gasteiger partial charge in [-0.15, -0.1) is 11.8 Å². The summed E-state index contributed by atoms with van der Waals surface area (Å²) in [6.45, 7) is 0. The van der Waals surface area contributed by atoms with E-state index in [-0.39, 0.29) is 16.9 Å². The average molecular weight is 362 g/mol. The first-order valence-corrected chi connectivity index (χ1v) is 9.23. The highest BCUT2D eigenvalue weighted by Crippen LogP contribution is 2.41. The number of hydrogen-bond donors (Lipinski definition) is 0. The summed E-state index contributed by atoms with van der Waals surface area (Å²) in [6, 6.07) is 27.6. The van der Waals surface area contributed by atoms with Gasteiger partial charge in [0.1, 0.15) is 11.6 Å². The largest absolute Gasteiger partial charge is 0.207 e. The molecule has 0 nitrogen and oxygen atoms in total. The second-order valence-corrected chi connectivity index (χ2v) is 7.29. The molecule has 0 radical (unpaired) electrons. The third-order valence-corrected chi connectivity index (χ3v) is 5.63. The van der Waals surface area contributed by atoms with Crippen LogP contribution in [0.15, 0.2) is 95.9 Å². The summed E-state index contributed by atoms with van der Waals surface area (Å²) < 4.78 is 26.7. The standard InChI is InChI=1S/C23H16F2S/c24-20-10-5-17(6-11-20)23(18-7-12-21(25)13-8-18)26-22-14-9-16-3-1-2-4-19(16)15-22/h1-15,23H. The summed E-state index contributed by atoms with van der Waals surface area (Å²) in [5.74, 6) is -0.523. The van der Waals surface area contributed by atoms with Gasteiger partial charge in [-0.2, -0.15) is 0 Å². The molecule has 3 heteroatoms. The Hall–Kier alpha value is -2.65. The summed E-state index contributed by atoms with van der Waals surface area (Å²) in [4.78, 5) is 1.11. The van der Waals surface area contributed by atoms with E-state index in [9.17, 15) is 8.78 Å². The fourth-order valence-electron chi connectivity index (χ4n) is 2.98. The maximum Gasteiger partial charge on any atom is 0.123 e. The molecule has 0 bridgehead atoms. The Kier molecular flexibility index (Phi) is 4.72. The molecule has 4 aromatic rings. The maximum absolute atomic E-state index is 13.4. The van der Waals surface area contributed by atoms with Gasteiger partial charge in [0, 0.05) is 4.90 Å². The summed E-state index contributed by atoms with van der Waals surface area (Å²) in [5.41, 5.74) is 1.97. The zero-order chi connectivity index (χ0) is 17.9. The van der Waals surface area contributed by atoms with Crippen LogP contribution in [0.2, 0.25) is 0 Å². The molecule has 0 N–H and O–H groups in total. The molecule has 0 aliphatic heterocycles. The molecule has 0 heterocycles. The average Bonchev–Trinajstić information content (AvgIpc) is 2.68. The number of thioether (sulfide) groups is 1. The normalized spacial score (nSPS) is 11.2. The van der Waals surface area contributed by atoms with Crippen LogP contribution in [0.3, 0.4) is 0 Å². The van der Waals surface area contributed by atoms with Gasteiger partial charge in [-0.1, -0.05) is 54.6 Å². The first kappa shape index (κ1) is 16.8. The fraction of sp³-hybridized carbons (Fsp3) is 0.0435. The van der Waals surface area contributed by atoms with E-state index in [1.54, 1.807) is 36.0 Å². The highest BCUT2D eigenvalue weighted by Gasteiger charge is 2.16. The number of hydrogen-bond acceptors (Lipinski definition) is 1. The van der Waals surface area contributed by atoms with Gasteiger partial charge < -0.3 is 0 Å². The van der Waals surface area contributed by atoms with Crippen LogP contribution in [0.1, 0.15) is 16.4 Å². The molecule has 0 aliphatic carbocycles. The van der Waals surface area contributed by atoms with Gasteiger partial charge in [0.15, 0.2) is 0 Å². The molecule has 0 fully saturated rings. The quantitative estimate of drug-likeness (QED) is 0.352. The lowest BCUT2D eigenvalue weighted by Gasteiger charge is -2.18. The van der Waals surface area contributed by atoms with E-state index >= 15 is 0 Å². The Bertz CT molecular complexity index is 978. The Morgan fingerprint density at radius 3 is 1.69 bits per heavy atom. The number of rotatable bonds is 4. The Morgan fingerprint density at radius 2 is 1.12 bits per heavy atom. The van der Waals surface area contributed by atoms with Crippen molar-refractivity contribution in [1.29, 1.82) is 0 Å². The van der Waals surface area contributed by atoms with Crippen molar-refractivity contribution in [3.05, 3.63) is 114 Å². The Labute approximate surface area is 155 Å². The molecule has 4 rings (SSSR count). The molecule has 26 heavy (non-hydrogen) atoms. The van der Waals surface area contributed by atoms with E-state index in [0.717, 1.165) is 16.0 Å². The van der Waals surface area contributed by atoms with Crippen molar-refractivity contribution in [2.45, 2.75) is 10.1 Å². The predicted molar refractivity (Wildman–Crippen MR) is 104 cm³/mol. The molecule has 0 spiro atoms. The van der Waals surface area contributed by atoms with Crippen LogP contribution in [0.4, 0.5) is 8.78 Å². The van der Waals surface area contributed by atoms with Gasteiger partial charge in [0.2, 0.25) is 0 Å². The summed E-state index contributed by atoms with van der Waals surface area (Å²) >= 11 is 1.68. The van der Waals surface area contributed by atoms with Gasteiger partial charge in [-0.3, -0.25) is 0 Å². The number of halogens is 2. The molecule has 0 unspecified atom stereocenters. The molecule has 0 saturated carbocycles. The van der Waals surface area contributed by atoms with Crippen molar-refractivity contribution in [3.8, 4) is 0 Å². The van der Waals surface area contributed by atoms with Crippen molar-refractivity contribution >= 4 is 22.5 Å². The fourth-order valence-corrected chi connectivity index (χ4v) is 4.18. The van der Waals surface area contributed by atoms with Gasteiger partial charge >= 0.3 is 0 Å². The monoisotopic (exact) mass is 362 g/mol. The molecule has 0 aromatic heterocycles. The van der Waals surface area contributed by atoms with Gasteiger partial charge in [-0.25, -0.2) is 8.78 Å². The van der Waals surface area contributed by atoms with Crippen molar-refractivity contribution in [2.24, 2.45) is 0 Å². The van der Waals surface area contributed by atoms with E-state index in [1.165, 1.54) is 35.0 Å². The van der Waals surface area contributed by atoms with Gasteiger partial charge in [0.05, 0.1) is 5.25 Å². The lowest BCUT2D eigenvalue weighted by Crippen LogP contribution is -1.97. The van der Waals surface area contributed by atoms with E-state index in [0.29, 0.717) is 0 Å². The lowest BCUT2D eigenvalue weighted by atomic mass is 10.0. The Morgan fingerprint density at radius 1 is 0.577 bits per heavy atom. The molecule has 128 valence electrons. The smallest absolute Gasteiger partial charge is 0.123 e. The molecule has 0 aliphatic rings. The van der Waals surface area contributed by atoms with Crippen molar-refractivity contribution in [3.63, 3.8) is 0 Å². The maximum atomic E-state index is 13.4. The van der Waals surface area contributed by atoms with Crippen LogP contribution in [-0.4, -0.2) is 0 Å². The van der Waals surface area contributed by atoms with E-state index < -0.39 is 0 Å². The van der Waals surface area contributed by atoms with Crippen molar-refractivity contribution < 1.29 is 8.78 Å². The number of fused-ring (bicyclic) bond motifs is 1. The first-order valence-electron chi connectivity index (χ1n) is 8.35. The van der Waals surface area contributed by atoms with Crippen molar-refractivity contribution in [1.82, 2.24) is 0 Å². The molecule has 4 aromatic carbocycles. The predicted octanol–water partition coefficient (Wildman–Crippen LogP) is 7.00. The molecule has 0 saturated heterocycles. The van der Waals surface area contributed by atoms with E-state index in [2.05, 4.69) is 30.3 Å². The van der Waals surface area contributed by atoms with Crippen LogP contribution in [-0.2, 0) is 0 Å². The molecule has 0 amide bonds. The second-order valence-electron chi connectivity index (χ2n) is 6.11. The number of benzene rings is 4. The zero-order valence-corrected chi connectivity index (χ0v) is 14.7. The van der Waals surface area contributed by atoms with Gasteiger partial charge in [0.25, 0.3) is 0 Å². The first-order chi connectivity index (χ1) is 12.7. The van der Waals surface area contributed by atoms with Crippen LogP contribution >= 0.6 is 11.8 Å². The Balaban J connectivity index is 1.73. The minimum absolute atomic E-state index is 0.0441. The molecular weight excluding hydrogens is 346 g/mol. The highest BCUT2D eigenvalue weighted by molar-refractivity contribution is 7.99. The summed E-state index contributed by atoms with van der Waals surface area (Å²) in [7, 11) is 0. The highest BCUT2D eigenvalue weighted by atomic mass is 32.2. The topological polar surface area (TPSA) is 0 Å². The third kappa shape index (κ3) is 3.63. The van der Waals surface area contributed by atoms with Crippen molar-refractivity contribution in [2.75, 3.05) is 0 Å². The zero-order valence-electron chi connectivity index (χ0n) is 13.9.